The summed E-state index contributed by atoms with van der Waals surface area (Å²) in [6, 6.07) is 5.90. The number of esters is 1. The zero-order valence-electron chi connectivity index (χ0n) is 13.9. The first-order chi connectivity index (χ1) is 10.7. The van der Waals surface area contributed by atoms with E-state index in [-0.39, 0.29) is 13.0 Å². The molecule has 1 N–H and O–H groups in total. The van der Waals surface area contributed by atoms with Gasteiger partial charge in [0.1, 0.15) is 17.9 Å². The van der Waals surface area contributed by atoms with E-state index in [1.807, 2.05) is 0 Å². The highest BCUT2D eigenvalue weighted by atomic mass is 16.6. The fourth-order valence-electron chi connectivity index (χ4n) is 1.85. The largest absolute Gasteiger partial charge is 0.464 e. The number of amides is 1. The predicted molar refractivity (Wildman–Crippen MR) is 85.3 cm³/mol. The Morgan fingerprint density at radius 3 is 2.30 bits per heavy atom. The Morgan fingerprint density at radius 2 is 1.83 bits per heavy atom. The molecule has 0 aliphatic heterocycles. The second kappa shape index (κ2) is 8.31. The smallest absolute Gasteiger partial charge is 0.408 e. The van der Waals surface area contributed by atoms with Crippen molar-refractivity contribution < 1.29 is 23.9 Å². The Kier molecular flexibility index (Phi) is 6.75. The van der Waals surface area contributed by atoms with Crippen molar-refractivity contribution in [2.24, 2.45) is 0 Å². The van der Waals surface area contributed by atoms with Gasteiger partial charge in [-0.25, -0.2) is 9.59 Å². The summed E-state index contributed by atoms with van der Waals surface area (Å²) < 4.78 is 10.2. The SMILES string of the molecule is CCOC(=O)C(Cc1ccc(C=O)cc1)NC(=O)OC(C)(C)C. The first kappa shape index (κ1) is 18.7. The Balaban J connectivity index is 2.80. The number of alkyl carbamates (subject to hydrolysis) is 1. The third-order valence-corrected chi connectivity index (χ3v) is 2.82. The van der Waals surface area contributed by atoms with Gasteiger partial charge in [-0.05, 0) is 33.3 Å². The highest BCUT2D eigenvalue weighted by molar-refractivity contribution is 5.82. The van der Waals surface area contributed by atoms with Gasteiger partial charge in [0.2, 0.25) is 0 Å². The van der Waals surface area contributed by atoms with E-state index < -0.39 is 23.7 Å². The second-order valence-electron chi connectivity index (χ2n) is 6.01. The van der Waals surface area contributed by atoms with Crippen molar-refractivity contribution >= 4 is 18.3 Å². The summed E-state index contributed by atoms with van der Waals surface area (Å²) in [5.41, 5.74) is 0.681. The molecule has 0 saturated heterocycles. The number of hydrogen-bond acceptors (Lipinski definition) is 5. The molecule has 0 aromatic heterocycles. The maximum Gasteiger partial charge on any atom is 0.408 e. The third-order valence-electron chi connectivity index (χ3n) is 2.82. The molecule has 6 nitrogen and oxygen atoms in total. The topological polar surface area (TPSA) is 81.7 Å². The molecule has 1 unspecified atom stereocenters. The number of aldehydes is 1. The fourth-order valence-corrected chi connectivity index (χ4v) is 1.85. The van der Waals surface area contributed by atoms with Crippen LogP contribution in [-0.4, -0.2) is 36.6 Å². The van der Waals surface area contributed by atoms with Crippen LogP contribution in [-0.2, 0) is 20.7 Å². The first-order valence-electron chi connectivity index (χ1n) is 7.45. The molecule has 126 valence electrons. The number of hydrogen-bond donors (Lipinski definition) is 1. The first-order valence-corrected chi connectivity index (χ1v) is 7.45. The van der Waals surface area contributed by atoms with Gasteiger partial charge in [0.25, 0.3) is 0 Å². The molecule has 0 aliphatic carbocycles. The predicted octanol–water partition coefficient (Wildman–Crippen LogP) is 2.50. The Bertz CT molecular complexity index is 545. The molecule has 0 aliphatic rings. The van der Waals surface area contributed by atoms with E-state index in [1.54, 1.807) is 52.0 Å². The number of benzene rings is 1. The van der Waals surface area contributed by atoms with Crippen molar-refractivity contribution in [3.63, 3.8) is 0 Å². The van der Waals surface area contributed by atoms with Crippen LogP contribution in [0.1, 0.15) is 43.6 Å². The molecule has 1 aromatic rings. The molecule has 0 saturated carbocycles. The van der Waals surface area contributed by atoms with Crippen LogP contribution in [0.15, 0.2) is 24.3 Å². The van der Waals surface area contributed by atoms with Crippen LogP contribution >= 0.6 is 0 Å². The summed E-state index contributed by atoms with van der Waals surface area (Å²) >= 11 is 0. The van der Waals surface area contributed by atoms with Crippen LogP contribution in [0.2, 0.25) is 0 Å². The van der Waals surface area contributed by atoms with Gasteiger partial charge in [0.15, 0.2) is 0 Å². The average Bonchev–Trinajstić information content (AvgIpc) is 2.45. The monoisotopic (exact) mass is 321 g/mol. The maximum atomic E-state index is 12.0. The molecule has 1 amide bonds. The highest BCUT2D eigenvalue weighted by Crippen LogP contribution is 2.10. The molecule has 0 bridgehead atoms. The lowest BCUT2D eigenvalue weighted by atomic mass is 10.0. The van der Waals surface area contributed by atoms with Crippen molar-refractivity contribution in [2.75, 3.05) is 6.61 Å². The van der Waals surface area contributed by atoms with Crippen molar-refractivity contribution in [1.82, 2.24) is 5.32 Å². The maximum absolute atomic E-state index is 12.0. The molecule has 1 atom stereocenters. The van der Waals surface area contributed by atoms with Crippen molar-refractivity contribution in [1.29, 1.82) is 0 Å². The standard InChI is InChI=1S/C17H23NO5/c1-5-22-15(20)14(18-16(21)23-17(2,3)4)10-12-6-8-13(11-19)9-7-12/h6-9,11,14H,5,10H2,1-4H3,(H,18,21). The lowest BCUT2D eigenvalue weighted by molar-refractivity contribution is -0.145. The number of carbonyl (C=O) groups excluding carboxylic acids is 3. The van der Waals surface area contributed by atoms with Gasteiger partial charge in [-0.2, -0.15) is 0 Å². The summed E-state index contributed by atoms with van der Waals surface area (Å²) in [4.78, 5) is 34.6. The number of carbonyl (C=O) groups is 3. The molecule has 23 heavy (non-hydrogen) atoms. The summed E-state index contributed by atoms with van der Waals surface area (Å²) in [5, 5.41) is 2.53. The number of nitrogens with one attached hydrogen (secondary N) is 1. The van der Waals surface area contributed by atoms with Crippen LogP contribution in [0.25, 0.3) is 0 Å². The molecule has 0 radical (unpaired) electrons. The Labute approximate surface area is 136 Å². The van der Waals surface area contributed by atoms with Crippen molar-refractivity contribution in [3.8, 4) is 0 Å². The molecule has 0 spiro atoms. The molecular formula is C17H23NO5. The van der Waals surface area contributed by atoms with Crippen molar-refractivity contribution in [3.05, 3.63) is 35.4 Å². The van der Waals surface area contributed by atoms with Gasteiger partial charge in [0, 0.05) is 12.0 Å². The van der Waals surface area contributed by atoms with E-state index in [0.717, 1.165) is 11.8 Å². The zero-order chi connectivity index (χ0) is 17.5. The van der Waals surface area contributed by atoms with E-state index in [1.165, 1.54) is 0 Å². The summed E-state index contributed by atoms with van der Waals surface area (Å²) in [5.74, 6) is -0.530. The molecular weight excluding hydrogens is 298 g/mol. The van der Waals surface area contributed by atoms with Gasteiger partial charge in [-0.3, -0.25) is 4.79 Å². The second-order valence-corrected chi connectivity index (χ2v) is 6.01. The van der Waals surface area contributed by atoms with Crippen LogP contribution in [0.3, 0.4) is 0 Å². The molecule has 0 fully saturated rings. The van der Waals surface area contributed by atoms with Crippen LogP contribution < -0.4 is 5.32 Å². The minimum atomic E-state index is -0.855. The van der Waals surface area contributed by atoms with Crippen LogP contribution in [0.5, 0.6) is 0 Å². The van der Waals surface area contributed by atoms with E-state index >= 15 is 0 Å². The summed E-state index contributed by atoms with van der Waals surface area (Å²) in [6.07, 6.45) is 0.308. The highest BCUT2D eigenvalue weighted by Gasteiger charge is 2.25. The molecule has 1 rings (SSSR count). The minimum absolute atomic E-state index is 0.218. The minimum Gasteiger partial charge on any atom is -0.464 e. The average molecular weight is 321 g/mol. The fraction of sp³-hybridized carbons (Fsp3) is 0.471. The summed E-state index contributed by atoms with van der Waals surface area (Å²) in [6.45, 7) is 7.13. The van der Waals surface area contributed by atoms with Crippen molar-refractivity contribution in [2.45, 2.75) is 45.8 Å². The lowest BCUT2D eigenvalue weighted by Gasteiger charge is -2.23. The van der Waals surface area contributed by atoms with E-state index in [9.17, 15) is 14.4 Å². The van der Waals surface area contributed by atoms with Crippen LogP contribution in [0.4, 0.5) is 4.79 Å². The Morgan fingerprint density at radius 1 is 1.22 bits per heavy atom. The third kappa shape index (κ3) is 6.95. The number of ether oxygens (including phenoxy) is 2. The quantitative estimate of drug-likeness (QED) is 0.643. The van der Waals surface area contributed by atoms with E-state index in [0.29, 0.717) is 5.56 Å². The van der Waals surface area contributed by atoms with Gasteiger partial charge in [-0.1, -0.05) is 24.3 Å². The summed E-state index contributed by atoms with van der Waals surface area (Å²) in [7, 11) is 0. The molecule has 0 heterocycles. The number of rotatable bonds is 6. The zero-order valence-corrected chi connectivity index (χ0v) is 13.9. The van der Waals surface area contributed by atoms with Gasteiger partial charge in [-0.15, -0.1) is 0 Å². The molecule has 1 aromatic carbocycles. The van der Waals surface area contributed by atoms with E-state index in [4.69, 9.17) is 9.47 Å². The van der Waals surface area contributed by atoms with Crippen LogP contribution in [0, 0.1) is 0 Å². The lowest BCUT2D eigenvalue weighted by Crippen LogP contribution is -2.45. The normalized spacial score (nSPS) is 12.2. The van der Waals surface area contributed by atoms with E-state index in [2.05, 4.69) is 5.32 Å². The van der Waals surface area contributed by atoms with Gasteiger partial charge < -0.3 is 14.8 Å². The van der Waals surface area contributed by atoms with Gasteiger partial charge >= 0.3 is 12.1 Å². The molecule has 6 heteroatoms. The van der Waals surface area contributed by atoms with Gasteiger partial charge in [0.05, 0.1) is 6.61 Å². The Hall–Kier alpha value is -2.37.